The molecule has 0 bridgehead atoms. The van der Waals surface area contributed by atoms with Gasteiger partial charge in [0.1, 0.15) is 12.4 Å². The standard InChI is InChI=1S/C19H28N2O6S/c1-2-26-18-8-7-16(28(23,24)21-9-11-25-12-10-21)13-17(18)20-19(22)14-27-15-5-3-4-6-15/h7-8,13,15H,2-6,9-12,14H2,1H3,(H,20,22). The lowest BCUT2D eigenvalue weighted by Gasteiger charge is -2.26. The molecule has 0 atom stereocenters. The van der Waals surface area contributed by atoms with E-state index in [1.807, 2.05) is 6.92 Å². The summed E-state index contributed by atoms with van der Waals surface area (Å²) >= 11 is 0. The summed E-state index contributed by atoms with van der Waals surface area (Å²) in [6, 6.07) is 4.52. The van der Waals surface area contributed by atoms with E-state index in [2.05, 4.69) is 5.32 Å². The Morgan fingerprint density at radius 3 is 2.64 bits per heavy atom. The SMILES string of the molecule is CCOc1ccc(S(=O)(=O)N2CCOCC2)cc1NC(=O)COC1CCCC1. The van der Waals surface area contributed by atoms with Crippen molar-refractivity contribution in [2.24, 2.45) is 0 Å². The molecule has 8 nitrogen and oxygen atoms in total. The first kappa shape index (κ1) is 21.0. The Hall–Kier alpha value is -1.68. The lowest BCUT2D eigenvalue weighted by Crippen LogP contribution is -2.40. The van der Waals surface area contributed by atoms with Crippen LogP contribution in [0.3, 0.4) is 0 Å². The average Bonchev–Trinajstić information content (AvgIpc) is 3.22. The number of amides is 1. The van der Waals surface area contributed by atoms with Crippen molar-refractivity contribution in [3.8, 4) is 5.75 Å². The topological polar surface area (TPSA) is 94.2 Å². The lowest BCUT2D eigenvalue weighted by molar-refractivity contribution is -0.122. The Kier molecular flexibility index (Phi) is 7.28. The van der Waals surface area contributed by atoms with Crippen LogP contribution in [0.25, 0.3) is 0 Å². The molecule has 1 N–H and O–H groups in total. The largest absolute Gasteiger partial charge is 0.492 e. The fourth-order valence-corrected chi connectivity index (χ4v) is 4.85. The number of benzene rings is 1. The normalized spacial score (nSPS) is 18.9. The van der Waals surface area contributed by atoms with Crippen LogP contribution in [0.1, 0.15) is 32.6 Å². The number of anilines is 1. The van der Waals surface area contributed by atoms with Gasteiger partial charge in [0.15, 0.2) is 0 Å². The van der Waals surface area contributed by atoms with Crippen molar-refractivity contribution >= 4 is 21.6 Å². The molecule has 0 aromatic heterocycles. The van der Waals surface area contributed by atoms with Crippen molar-refractivity contribution in [1.29, 1.82) is 0 Å². The molecular weight excluding hydrogens is 384 g/mol. The van der Waals surface area contributed by atoms with Crippen LogP contribution < -0.4 is 10.1 Å². The van der Waals surface area contributed by atoms with Crippen LogP contribution in [0, 0.1) is 0 Å². The summed E-state index contributed by atoms with van der Waals surface area (Å²) in [5.74, 6) is 0.103. The molecule has 0 spiro atoms. The minimum Gasteiger partial charge on any atom is -0.492 e. The van der Waals surface area contributed by atoms with Gasteiger partial charge in [0.25, 0.3) is 0 Å². The Morgan fingerprint density at radius 1 is 1.25 bits per heavy atom. The van der Waals surface area contributed by atoms with Crippen LogP contribution in [0.4, 0.5) is 5.69 Å². The molecule has 2 aliphatic rings. The minimum absolute atomic E-state index is 0.0589. The van der Waals surface area contributed by atoms with Crippen LogP contribution >= 0.6 is 0 Å². The van der Waals surface area contributed by atoms with Gasteiger partial charge in [-0.15, -0.1) is 0 Å². The van der Waals surface area contributed by atoms with E-state index in [0.29, 0.717) is 44.3 Å². The number of carbonyl (C=O) groups is 1. The highest BCUT2D eigenvalue weighted by Gasteiger charge is 2.27. The smallest absolute Gasteiger partial charge is 0.250 e. The van der Waals surface area contributed by atoms with Gasteiger partial charge in [-0.1, -0.05) is 12.8 Å². The van der Waals surface area contributed by atoms with Gasteiger partial charge >= 0.3 is 0 Å². The highest BCUT2D eigenvalue weighted by atomic mass is 32.2. The fourth-order valence-electron chi connectivity index (χ4n) is 3.42. The minimum atomic E-state index is -3.66. The number of sulfonamides is 1. The van der Waals surface area contributed by atoms with Crippen molar-refractivity contribution < 1.29 is 27.4 Å². The Morgan fingerprint density at radius 2 is 1.96 bits per heavy atom. The van der Waals surface area contributed by atoms with E-state index in [1.165, 1.54) is 16.4 Å². The van der Waals surface area contributed by atoms with Gasteiger partial charge in [0, 0.05) is 13.1 Å². The summed E-state index contributed by atoms with van der Waals surface area (Å²) in [7, 11) is -3.66. The zero-order valence-corrected chi connectivity index (χ0v) is 17.0. The van der Waals surface area contributed by atoms with Crippen LogP contribution in [-0.4, -0.2) is 64.3 Å². The second-order valence-electron chi connectivity index (χ2n) is 6.87. The zero-order chi connectivity index (χ0) is 20.0. The molecule has 0 radical (unpaired) electrons. The third kappa shape index (κ3) is 5.22. The molecule has 0 unspecified atom stereocenters. The molecule has 3 rings (SSSR count). The number of hydrogen-bond acceptors (Lipinski definition) is 6. The third-order valence-electron chi connectivity index (χ3n) is 4.89. The molecule has 1 aromatic carbocycles. The van der Waals surface area contributed by atoms with Gasteiger partial charge in [-0.05, 0) is 38.0 Å². The average molecular weight is 413 g/mol. The number of morpholine rings is 1. The first-order chi connectivity index (χ1) is 13.5. The summed E-state index contributed by atoms with van der Waals surface area (Å²) in [5, 5.41) is 2.74. The van der Waals surface area contributed by atoms with Gasteiger partial charge in [0.2, 0.25) is 15.9 Å². The van der Waals surface area contributed by atoms with Crippen LogP contribution in [0.5, 0.6) is 5.75 Å². The quantitative estimate of drug-likeness (QED) is 0.702. The molecule has 1 amide bonds. The molecule has 2 fully saturated rings. The zero-order valence-electron chi connectivity index (χ0n) is 16.2. The van der Waals surface area contributed by atoms with E-state index >= 15 is 0 Å². The third-order valence-corrected chi connectivity index (χ3v) is 6.78. The Labute approximate surface area is 166 Å². The molecule has 1 aromatic rings. The fraction of sp³-hybridized carbons (Fsp3) is 0.632. The molecule has 1 saturated heterocycles. The second kappa shape index (κ2) is 9.69. The summed E-state index contributed by atoms with van der Waals surface area (Å²) in [6.45, 7) is 3.54. The molecule has 9 heteroatoms. The maximum absolute atomic E-state index is 12.9. The van der Waals surface area contributed by atoms with Crippen molar-refractivity contribution in [1.82, 2.24) is 4.31 Å². The summed E-state index contributed by atoms with van der Waals surface area (Å²) in [4.78, 5) is 12.4. The Balaban J connectivity index is 1.74. The Bertz CT molecular complexity index is 771. The van der Waals surface area contributed by atoms with E-state index in [1.54, 1.807) is 6.07 Å². The predicted molar refractivity (Wildman–Crippen MR) is 104 cm³/mol. The predicted octanol–water partition coefficient (Wildman–Crippen LogP) is 2.00. The number of nitrogens with zero attached hydrogens (tertiary/aromatic N) is 1. The van der Waals surface area contributed by atoms with Crippen molar-refractivity contribution in [2.45, 2.75) is 43.6 Å². The molecular formula is C19H28N2O6S. The van der Waals surface area contributed by atoms with Crippen molar-refractivity contribution in [3.05, 3.63) is 18.2 Å². The van der Waals surface area contributed by atoms with E-state index in [0.717, 1.165) is 25.7 Å². The number of nitrogens with one attached hydrogen (secondary N) is 1. The summed E-state index contributed by atoms with van der Waals surface area (Å²) in [6.07, 6.45) is 4.34. The van der Waals surface area contributed by atoms with Crippen LogP contribution in [0.15, 0.2) is 23.1 Å². The van der Waals surface area contributed by atoms with Gasteiger partial charge in [-0.3, -0.25) is 4.79 Å². The number of hydrogen-bond donors (Lipinski definition) is 1. The monoisotopic (exact) mass is 412 g/mol. The molecule has 28 heavy (non-hydrogen) atoms. The first-order valence-corrected chi connectivity index (χ1v) is 11.2. The highest BCUT2D eigenvalue weighted by Crippen LogP contribution is 2.30. The number of ether oxygens (including phenoxy) is 3. The van der Waals surface area contributed by atoms with Gasteiger partial charge in [0.05, 0.1) is 36.5 Å². The second-order valence-corrected chi connectivity index (χ2v) is 8.81. The van der Waals surface area contributed by atoms with Gasteiger partial charge in [-0.25, -0.2) is 8.42 Å². The number of carbonyl (C=O) groups excluding carboxylic acids is 1. The van der Waals surface area contributed by atoms with Crippen molar-refractivity contribution in [2.75, 3.05) is 44.8 Å². The van der Waals surface area contributed by atoms with E-state index < -0.39 is 10.0 Å². The molecule has 1 aliphatic carbocycles. The molecule has 1 heterocycles. The number of rotatable bonds is 8. The molecule has 156 valence electrons. The van der Waals surface area contributed by atoms with E-state index in [4.69, 9.17) is 14.2 Å². The highest BCUT2D eigenvalue weighted by molar-refractivity contribution is 7.89. The van der Waals surface area contributed by atoms with Gasteiger partial charge < -0.3 is 19.5 Å². The molecule has 1 aliphatic heterocycles. The summed E-state index contributed by atoms with van der Waals surface area (Å²) in [5.41, 5.74) is 0.330. The molecule has 1 saturated carbocycles. The van der Waals surface area contributed by atoms with E-state index in [9.17, 15) is 13.2 Å². The van der Waals surface area contributed by atoms with Crippen LogP contribution in [0.2, 0.25) is 0 Å². The summed E-state index contributed by atoms with van der Waals surface area (Å²) < 4.78 is 43.6. The first-order valence-electron chi connectivity index (χ1n) is 9.77. The van der Waals surface area contributed by atoms with E-state index in [-0.39, 0.29) is 23.5 Å². The lowest BCUT2D eigenvalue weighted by atomic mass is 10.3. The van der Waals surface area contributed by atoms with Crippen molar-refractivity contribution in [3.63, 3.8) is 0 Å². The maximum Gasteiger partial charge on any atom is 0.250 e. The maximum atomic E-state index is 12.9. The van der Waals surface area contributed by atoms with Gasteiger partial charge in [-0.2, -0.15) is 4.31 Å². The van der Waals surface area contributed by atoms with Crippen LogP contribution in [-0.2, 0) is 24.3 Å².